The molecule has 1 saturated carbocycles. The van der Waals surface area contributed by atoms with Crippen molar-refractivity contribution in [3.63, 3.8) is 0 Å². The van der Waals surface area contributed by atoms with Gasteiger partial charge in [0.25, 0.3) is 0 Å². The summed E-state index contributed by atoms with van der Waals surface area (Å²) in [5, 5.41) is 3.42. The topological polar surface area (TPSA) is 30.5 Å². The first-order chi connectivity index (χ1) is 8.32. The van der Waals surface area contributed by atoms with Crippen LogP contribution in [0.2, 0.25) is 0 Å². The molecule has 17 heavy (non-hydrogen) atoms. The third kappa shape index (κ3) is 2.66. The molecule has 0 radical (unpaired) electrons. The van der Waals surface area contributed by atoms with Crippen molar-refractivity contribution in [3.8, 4) is 0 Å². The van der Waals surface area contributed by atoms with E-state index in [1.54, 1.807) is 0 Å². The van der Waals surface area contributed by atoms with Gasteiger partial charge in [0.05, 0.1) is 18.2 Å². The third-order valence-electron chi connectivity index (χ3n) is 3.96. The zero-order valence-electron chi connectivity index (χ0n) is 11.1. The molecule has 0 spiro atoms. The van der Waals surface area contributed by atoms with Gasteiger partial charge < -0.3 is 14.8 Å². The Morgan fingerprint density at radius 1 is 1.41 bits per heavy atom. The third-order valence-corrected chi connectivity index (χ3v) is 3.96. The Hall–Kier alpha value is -0.540. The molecule has 2 aliphatic rings. The fourth-order valence-electron chi connectivity index (χ4n) is 3.26. The number of rotatable bonds is 5. The standard InChI is InChI=1S/C14H25NO2/c1-3-17-14(9-5-4-6-10-14)13(15-2)12-8-7-11-16-12/h8,13,15H,3-7,9-11H2,1-2H3. The van der Waals surface area contributed by atoms with Crippen molar-refractivity contribution in [2.75, 3.05) is 20.3 Å². The highest BCUT2D eigenvalue weighted by Crippen LogP contribution is 2.38. The van der Waals surface area contributed by atoms with Crippen molar-refractivity contribution < 1.29 is 9.47 Å². The molecular weight excluding hydrogens is 214 g/mol. The van der Waals surface area contributed by atoms with Gasteiger partial charge in [0, 0.05) is 13.0 Å². The summed E-state index contributed by atoms with van der Waals surface area (Å²) >= 11 is 0. The first-order valence-corrected chi connectivity index (χ1v) is 6.96. The van der Waals surface area contributed by atoms with E-state index in [4.69, 9.17) is 9.47 Å². The van der Waals surface area contributed by atoms with E-state index in [-0.39, 0.29) is 11.6 Å². The SMILES string of the molecule is CCOC1(C(NC)C2=CCCO2)CCCCC1. The summed E-state index contributed by atoms with van der Waals surface area (Å²) in [5.41, 5.74) is -0.0437. The van der Waals surface area contributed by atoms with Gasteiger partial charge in [-0.25, -0.2) is 0 Å². The van der Waals surface area contributed by atoms with Gasteiger partial charge >= 0.3 is 0 Å². The Kier molecular flexibility index (Phi) is 4.46. The van der Waals surface area contributed by atoms with Crippen LogP contribution in [0.3, 0.4) is 0 Å². The molecule has 1 aliphatic heterocycles. The zero-order valence-corrected chi connectivity index (χ0v) is 11.1. The number of ether oxygens (including phenoxy) is 2. The lowest BCUT2D eigenvalue weighted by Crippen LogP contribution is -2.53. The zero-order chi connectivity index (χ0) is 12.1. The summed E-state index contributed by atoms with van der Waals surface area (Å²) in [6.45, 7) is 3.70. The van der Waals surface area contributed by atoms with Crippen LogP contribution >= 0.6 is 0 Å². The lowest BCUT2D eigenvalue weighted by Gasteiger charge is -2.43. The van der Waals surface area contributed by atoms with Crippen LogP contribution in [0, 0.1) is 0 Å². The second-order valence-corrected chi connectivity index (χ2v) is 5.02. The molecule has 0 aromatic carbocycles. The minimum absolute atomic E-state index is 0.0437. The van der Waals surface area contributed by atoms with Crippen LogP contribution in [-0.2, 0) is 9.47 Å². The van der Waals surface area contributed by atoms with Crippen LogP contribution in [0.5, 0.6) is 0 Å². The second kappa shape index (κ2) is 5.87. The van der Waals surface area contributed by atoms with Crippen molar-refractivity contribution in [1.29, 1.82) is 0 Å². The van der Waals surface area contributed by atoms with Gasteiger partial charge in [-0.3, -0.25) is 0 Å². The molecule has 0 saturated heterocycles. The summed E-state index contributed by atoms with van der Waals surface area (Å²) in [5.74, 6) is 1.10. The van der Waals surface area contributed by atoms with Crippen LogP contribution < -0.4 is 5.32 Å². The van der Waals surface area contributed by atoms with E-state index in [0.717, 1.165) is 38.2 Å². The van der Waals surface area contributed by atoms with E-state index in [1.807, 2.05) is 7.05 Å². The molecular formula is C14H25NO2. The molecule has 1 atom stereocenters. The van der Waals surface area contributed by atoms with Crippen LogP contribution in [0.15, 0.2) is 11.8 Å². The molecule has 0 aromatic heterocycles. The monoisotopic (exact) mass is 239 g/mol. The highest BCUT2D eigenvalue weighted by Gasteiger charge is 2.43. The van der Waals surface area contributed by atoms with Gasteiger partial charge in [-0.2, -0.15) is 0 Å². The average molecular weight is 239 g/mol. The molecule has 1 fully saturated rings. The molecule has 0 amide bonds. The van der Waals surface area contributed by atoms with Crippen LogP contribution in [-0.4, -0.2) is 31.9 Å². The Bertz CT molecular complexity index is 264. The molecule has 1 heterocycles. The van der Waals surface area contributed by atoms with E-state index in [9.17, 15) is 0 Å². The van der Waals surface area contributed by atoms with Crippen molar-refractivity contribution in [1.82, 2.24) is 5.32 Å². The van der Waals surface area contributed by atoms with E-state index in [1.165, 1.54) is 19.3 Å². The highest BCUT2D eigenvalue weighted by atomic mass is 16.5. The Labute approximate surface area is 105 Å². The predicted octanol–water partition coefficient (Wildman–Crippen LogP) is 2.62. The lowest BCUT2D eigenvalue weighted by molar-refractivity contribution is -0.0889. The van der Waals surface area contributed by atoms with Crippen LogP contribution in [0.4, 0.5) is 0 Å². The number of nitrogens with one attached hydrogen (secondary N) is 1. The Morgan fingerprint density at radius 3 is 2.71 bits per heavy atom. The average Bonchev–Trinajstić information content (AvgIpc) is 2.85. The quantitative estimate of drug-likeness (QED) is 0.800. The number of hydrogen-bond acceptors (Lipinski definition) is 3. The molecule has 1 unspecified atom stereocenters. The van der Waals surface area contributed by atoms with E-state index in [2.05, 4.69) is 18.3 Å². The predicted molar refractivity (Wildman–Crippen MR) is 68.9 cm³/mol. The lowest BCUT2D eigenvalue weighted by atomic mass is 9.78. The van der Waals surface area contributed by atoms with Gasteiger partial charge in [-0.1, -0.05) is 19.3 Å². The summed E-state index contributed by atoms with van der Waals surface area (Å²) in [7, 11) is 2.02. The molecule has 3 nitrogen and oxygen atoms in total. The van der Waals surface area contributed by atoms with Crippen molar-refractivity contribution in [2.45, 2.75) is 57.1 Å². The summed E-state index contributed by atoms with van der Waals surface area (Å²) < 4.78 is 11.9. The van der Waals surface area contributed by atoms with Crippen molar-refractivity contribution in [3.05, 3.63) is 11.8 Å². The van der Waals surface area contributed by atoms with Crippen molar-refractivity contribution in [2.24, 2.45) is 0 Å². The van der Waals surface area contributed by atoms with Gasteiger partial charge in [0.1, 0.15) is 5.76 Å². The first kappa shape index (κ1) is 12.9. The Morgan fingerprint density at radius 2 is 2.18 bits per heavy atom. The van der Waals surface area contributed by atoms with Gasteiger partial charge in [0.2, 0.25) is 0 Å². The highest BCUT2D eigenvalue weighted by molar-refractivity contribution is 5.15. The van der Waals surface area contributed by atoms with Crippen LogP contribution in [0.1, 0.15) is 45.4 Å². The number of likely N-dealkylation sites (N-methyl/N-ethyl adjacent to an activating group) is 1. The molecule has 1 N–H and O–H groups in total. The maximum Gasteiger partial charge on any atom is 0.112 e. The van der Waals surface area contributed by atoms with E-state index in [0.29, 0.717) is 0 Å². The molecule has 3 heteroatoms. The molecule has 2 rings (SSSR count). The van der Waals surface area contributed by atoms with Crippen molar-refractivity contribution >= 4 is 0 Å². The van der Waals surface area contributed by atoms with E-state index >= 15 is 0 Å². The normalized spacial score (nSPS) is 25.2. The van der Waals surface area contributed by atoms with Gasteiger partial charge in [-0.05, 0) is 32.9 Å². The second-order valence-electron chi connectivity index (χ2n) is 5.02. The largest absolute Gasteiger partial charge is 0.496 e. The van der Waals surface area contributed by atoms with Crippen LogP contribution in [0.25, 0.3) is 0 Å². The maximum absolute atomic E-state index is 6.15. The smallest absolute Gasteiger partial charge is 0.112 e. The fourth-order valence-corrected chi connectivity index (χ4v) is 3.26. The minimum atomic E-state index is -0.0437. The van der Waals surface area contributed by atoms with E-state index < -0.39 is 0 Å². The summed E-state index contributed by atoms with van der Waals surface area (Å²) in [6, 6.07) is 0.227. The Balaban J connectivity index is 2.16. The summed E-state index contributed by atoms with van der Waals surface area (Å²) in [6.07, 6.45) is 9.43. The van der Waals surface area contributed by atoms with Gasteiger partial charge in [-0.15, -0.1) is 0 Å². The molecule has 0 aromatic rings. The molecule has 0 bridgehead atoms. The maximum atomic E-state index is 6.15. The molecule has 1 aliphatic carbocycles. The number of hydrogen-bond donors (Lipinski definition) is 1. The minimum Gasteiger partial charge on any atom is -0.496 e. The fraction of sp³-hybridized carbons (Fsp3) is 0.857. The first-order valence-electron chi connectivity index (χ1n) is 6.96. The molecule has 98 valence electrons. The van der Waals surface area contributed by atoms with Gasteiger partial charge in [0.15, 0.2) is 0 Å². The summed E-state index contributed by atoms with van der Waals surface area (Å²) in [4.78, 5) is 0.